The normalized spacial score (nSPS) is 9.67. The SMILES string of the molecule is C=C(C(N)=O)c1ccc(C(=O)O)c(C)c1. The van der Waals surface area contributed by atoms with Crippen molar-refractivity contribution in [3.05, 3.63) is 41.5 Å². The number of carboxylic acids is 1. The number of hydrogen-bond acceptors (Lipinski definition) is 2. The summed E-state index contributed by atoms with van der Waals surface area (Å²) in [5, 5.41) is 8.79. The van der Waals surface area contributed by atoms with Crippen molar-refractivity contribution in [3.8, 4) is 0 Å². The summed E-state index contributed by atoms with van der Waals surface area (Å²) in [7, 11) is 0. The fourth-order valence-corrected chi connectivity index (χ4v) is 1.23. The van der Waals surface area contributed by atoms with Crippen molar-refractivity contribution >= 4 is 17.4 Å². The van der Waals surface area contributed by atoms with Crippen molar-refractivity contribution < 1.29 is 14.7 Å². The fraction of sp³-hybridized carbons (Fsp3) is 0.0909. The van der Waals surface area contributed by atoms with Crippen LogP contribution < -0.4 is 5.73 Å². The van der Waals surface area contributed by atoms with Gasteiger partial charge in [-0.05, 0) is 24.1 Å². The van der Waals surface area contributed by atoms with E-state index in [2.05, 4.69) is 6.58 Å². The molecule has 0 fully saturated rings. The Morgan fingerprint density at radius 3 is 2.40 bits per heavy atom. The number of hydrogen-bond donors (Lipinski definition) is 2. The summed E-state index contributed by atoms with van der Waals surface area (Å²) in [6.45, 7) is 5.17. The average molecular weight is 205 g/mol. The molecule has 78 valence electrons. The summed E-state index contributed by atoms with van der Waals surface area (Å²) in [4.78, 5) is 21.6. The zero-order valence-corrected chi connectivity index (χ0v) is 8.28. The first-order valence-electron chi connectivity index (χ1n) is 4.26. The van der Waals surface area contributed by atoms with E-state index in [1.807, 2.05) is 0 Å². The lowest BCUT2D eigenvalue weighted by molar-refractivity contribution is -0.112. The van der Waals surface area contributed by atoms with Gasteiger partial charge in [0.05, 0.1) is 5.56 Å². The van der Waals surface area contributed by atoms with Gasteiger partial charge in [0, 0.05) is 5.57 Å². The summed E-state index contributed by atoms with van der Waals surface area (Å²) < 4.78 is 0. The van der Waals surface area contributed by atoms with E-state index in [-0.39, 0.29) is 11.1 Å². The van der Waals surface area contributed by atoms with E-state index in [4.69, 9.17) is 10.8 Å². The van der Waals surface area contributed by atoms with Crippen LogP contribution in [-0.4, -0.2) is 17.0 Å². The van der Waals surface area contributed by atoms with E-state index < -0.39 is 11.9 Å². The molecule has 15 heavy (non-hydrogen) atoms. The zero-order chi connectivity index (χ0) is 11.6. The summed E-state index contributed by atoms with van der Waals surface area (Å²) in [5.74, 6) is -1.61. The number of nitrogens with two attached hydrogens (primary N) is 1. The Labute approximate surface area is 87.0 Å². The molecule has 4 heteroatoms. The lowest BCUT2D eigenvalue weighted by atomic mass is 10.0. The first kappa shape index (κ1) is 11.0. The van der Waals surface area contributed by atoms with Gasteiger partial charge in [-0.2, -0.15) is 0 Å². The van der Waals surface area contributed by atoms with Gasteiger partial charge in [0.2, 0.25) is 5.91 Å². The third-order valence-corrected chi connectivity index (χ3v) is 2.10. The number of amides is 1. The van der Waals surface area contributed by atoms with Gasteiger partial charge in [0.25, 0.3) is 0 Å². The van der Waals surface area contributed by atoms with Gasteiger partial charge in [-0.1, -0.05) is 18.7 Å². The molecule has 0 unspecified atom stereocenters. The van der Waals surface area contributed by atoms with E-state index in [1.54, 1.807) is 13.0 Å². The Kier molecular flexibility index (Phi) is 2.90. The van der Waals surface area contributed by atoms with Gasteiger partial charge >= 0.3 is 5.97 Å². The van der Waals surface area contributed by atoms with Crippen LogP contribution in [0.5, 0.6) is 0 Å². The smallest absolute Gasteiger partial charge is 0.335 e. The Bertz CT molecular complexity index is 449. The monoisotopic (exact) mass is 205 g/mol. The van der Waals surface area contributed by atoms with Crippen molar-refractivity contribution in [3.63, 3.8) is 0 Å². The number of aromatic carboxylic acids is 1. The Morgan fingerprint density at radius 2 is 2.00 bits per heavy atom. The lowest BCUT2D eigenvalue weighted by Crippen LogP contribution is -2.12. The van der Waals surface area contributed by atoms with Crippen LogP contribution in [0.4, 0.5) is 0 Å². The molecule has 1 aromatic carbocycles. The minimum Gasteiger partial charge on any atom is -0.478 e. The summed E-state index contributed by atoms with van der Waals surface area (Å²) in [6.07, 6.45) is 0. The number of primary amides is 1. The van der Waals surface area contributed by atoms with E-state index in [0.29, 0.717) is 11.1 Å². The third-order valence-electron chi connectivity index (χ3n) is 2.10. The highest BCUT2D eigenvalue weighted by Gasteiger charge is 2.10. The standard InChI is InChI=1S/C11H11NO3/c1-6-5-8(7(2)10(12)13)3-4-9(6)11(14)15/h3-5H,2H2,1H3,(H2,12,13)(H,14,15). The van der Waals surface area contributed by atoms with Crippen molar-refractivity contribution in [2.45, 2.75) is 6.92 Å². The van der Waals surface area contributed by atoms with Crippen LogP contribution in [0.2, 0.25) is 0 Å². The molecule has 0 spiro atoms. The molecule has 0 heterocycles. The molecule has 0 aliphatic carbocycles. The van der Waals surface area contributed by atoms with Gasteiger partial charge in [-0.3, -0.25) is 4.79 Å². The van der Waals surface area contributed by atoms with Crippen LogP contribution in [0.1, 0.15) is 21.5 Å². The second-order valence-corrected chi connectivity index (χ2v) is 3.18. The molecule has 0 aliphatic rings. The largest absolute Gasteiger partial charge is 0.478 e. The minimum atomic E-state index is -0.997. The number of carbonyl (C=O) groups excluding carboxylic acids is 1. The predicted molar refractivity (Wildman–Crippen MR) is 56.4 cm³/mol. The second kappa shape index (κ2) is 3.96. The van der Waals surface area contributed by atoms with Crippen LogP contribution in [0, 0.1) is 6.92 Å². The zero-order valence-electron chi connectivity index (χ0n) is 8.28. The van der Waals surface area contributed by atoms with Crippen molar-refractivity contribution in [2.24, 2.45) is 5.73 Å². The highest BCUT2D eigenvalue weighted by Crippen LogP contribution is 2.17. The van der Waals surface area contributed by atoms with Crippen LogP contribution in [0.25, 0.3) is 5.57 Å². The van der Waals surface area contributed by atoms with Gasteiger partial charge in [0.15, 0.2) is 0 Å². The molecule has 0 radical (unpaired) electrons. The van der Waals surface area contributed by atoms with Crippen molar-refractivity contribution in [2.75, 3.05) is 0 Å². The van der Waals surface area contributed by atoms with Gasteiger partial charge in [0.1, 0.15) is 0 Å². The van der Waals surface area contributed by atoms with Crippen LogP contribution in [-0.2, 0) is 4.79 Å². The van der Waals surface area contributed by atoms with Crippen molar-refractivity contribution in [1.82, 2.24) is 0 Å². The maximum atomic E-state index is 10.8. The molecule has 1 amide bonds. The molecule has 0 aromatic heterocycles. The average Bonchev–Trinajstić information content (AvgIpc) is 2.15. The van der Waals surface area contributed by atoms with E-state index in [9.17, 15) is 9.59 Å². The molecule has 1 rings (SSSR count). The van der Waals surface area contributed by atoms with Crippen LogP contribution in [0.15, 0.2) is 24.8 Å². The number of carbonyl (C=O) groups is 2. The molecule has 3 N–H and O–H groups in total. The summed E-state index contributed by atoms with van der Waals surface area (Å²) in [6, 6.07) is 4.53. The Balaban J connectivity index is 3.18. The maximum absolute atomic E-state index is 10.8. The topological polar surface area (TPSA) is 80.4 Å². The molecule has 0 aliphatic heterocycles. The minimum absolute atomic E-state index is 0.176. The van der Waals surface area contributed by atoms with E-state index in [1.165, 1.54) is 12.1 Å². The van der Waals surface area contributed by atoms with E-state index in [0.717, 1.165) is 0 Å². The predicted octanol–water partition coefficient (Wildman–Crippen LogP) is 1.19. The lowest BCUT2D eigenvalue weighted by Gasteiger charge is -2.05. The summed E-state index contributed by atoms with van der Waals surface area (Å²) in [5.41, 5.74) is 6.56. The number of aryl methyl sites for hydroxylation is 1. The molecule has 0 bridgehead atoms. The highest BCUT2D eigenvalue weighted by molar-refractivity contribution is 6.18. The van der Waals surface area contributed by atoms with E-state index >= 15 is 0 Å². The first-order valence-corrected chi connectivity index (χ1v) is 4.26. The van der Waals surface area contributed by atoms with Gasteiger partial charge in [-0.25, -0.2) is 4.79 Å². The van der Waals surface area contributed by atoms with Crippen molar-refractivity contribution in [1.29, 1.82) is 0 Å². The van der Waals surface area contributed by atoms with Gasteiger partial charge < -0.3 is 10.8 Å². The Morgan fingerprint density at radius 1 is 1.40 bits per heavy atom. The molecule has 0 atom stereocenters. The Hall–Kier alpha value is -2.10. The molecule has 4 nitrogen and oxygen atoms in total. The molecular formula is C11H11NO3. The van der Waals surface area contributed by atoms with Crippen LogP contribution in [0.3, 0.4) is 0 Å². The summed E-state index contributed by atoms with van der Waals surface area (Å²) >= 11 is 0. The molecule has 0 saturated carbocycles. The highest BCUT2D eigenvalue weighted by atomic mass is 16.4. The maximum Gasteiger partial charge on any atom is 0.335 e. The number of carboxylic acid groups (broad SMARTS) is 1. The van der Waals surface area contributed by atoms with Gasteiger partial charge in [-0.15, -0.1) is 0 Å². The molecular weight excluding hydrogens is 194 g/mol. The molecule has 1 aromatic rings. The second-order valence-electron chi connectivity index (χ2n) is 3.18. The number of rotatable bonds is 3. The quantitative estimate of drug-likeness (QED) is 0.727. The third kappa shape index (κ3) is 2.22. The van der Waals surface area contributed by atoms with Crippen LogP contribution >= 0.6 is 0 Å². The first-order chi connectivity index (χ1) is 6.93. The fourth-order valence-electron chi connectivity index (χ4n) is 1.23. The molecule has 0 saturated heterocycles. The number of benzene rings is 1.